The van der Waals surface area contributed by atoms with Gasteiger partial charge in [-0.15, -0.1) is 0 Å². The lowest BCUT2D eigenvalue weighted by molar-refractivity contribution is -0.178. The third kappa shape index (κ3) is 5.68. The van der Waals surface area contributed by atoms with Gasteiger partial charge in [0.2, 0.25) is 0 Å². The lowest BCUT2D eigenvalue weighted by atomic mass is 9.72. The molecule has 3 rings (SSSR count). The van der Waals surface area contributed by atoms with Crippen molar-refractivity contribution in [2.45, 2.75) is 96.2 Å². The Labute approximate surface area is 198 Å². The molecule has 5 heteroatoms. The third-order valence-corrected chi connectivity index (χ3v) is 8.55. The molecule has 0 amide bonds. The average molecular weight is 465 g/mol. The maximum absolute atomic E-state index is 14.5. The van der Waals surface area contributed by atoms with E-state index in [0.717, 1.165) is 36.8 Å². The van der Waals surface area contributed by atoms with Gasteiger partial charge in [0, 0.05) is 12.3 Å². The van der Waals surface area contributed by atoms with Gasteiger partial charge in [-0.1, -0.05) is 49.8 Å². The maximum atomic E-state index is 14.5. The zero-order chi connectivity index (χ0) is 24.4. The van der Waals surface area contributed by atoms with E-state index < -0.39 is 17.6 Å². The molecule has 0 saturated heterocycles. The van der Waals surface area contributed by atoms with Crippen LogP contribution in [0.4, 0.5) is 8.78 Å². The Morgan fingerprint density at radius 2 is 2.00 bits per heavy atom. The van der Waals surface area contributed by atoms with Crippen molar-refractivity contribution in [1.82, 2.24) is 0 Å². The first-order chi connectivity index (χ1) is 15.5. The number of halogens is 2. The summed E-state index contributed by atoms with van der Waals surface area (Å²) in [5, 5.41) is 29.8. The van der Waals surface area contributed by atoms with E-state index in [0.29, 0.717) is 31.1 Å². The van der Waals surface area contributed by atoms with Crippen LogP contribution in [0.2, 0.25) is 0 Å². The lowest BCUT2D eigenvalue weighted by Crippen LogP contribution is -2.45. The number of hydrogen-bond donors (Lipinski definition) is 3. The van der Waals surface area contributed by atoms with Crippen LogP contribution in [-0.4, -0.2) is 39.6 Å². The molecule has 0 bridgehead atoms. The molecule has 2 fully saturated rings. The molecule has 0 aromatic carbocycles. The van der Waals surface area contributed by atoms with Gasteiger partial charge in [-0.2, -0.15) is 0 Å². The largest absolute Gasteiger partial charge is 0.396 e. The number of rotatable bonds is 8. The van der Waals surface area contributed by atoms with E-state index in [1.54, 1.807) is 6.92 Å². The molecule has 0 radical (unpaired) electrons. The Hall–Kier alpha value is -1.30. The molecule has 0 spiro atoms. The number of fused-ring (bicyclic) bond motifs is 1. The molecular formula is C28H42F2O3. The van der Waals surface area contributed by atoms with Crippen molar-refractivity contribution >= 4 is 0 Å². The molecular weight excluding hydrogens is 422 g/mol. The van der Waals surface area contributed by atoms with Gasteiger partial charge in [0.15, 0.2) is 0 Å². The van der Waals surface area contributed by atoms with Crippen LogP contribution in [0.25, 0.3) is 0 Å². The first-order valence-electron chi connectivity index (χ1n) is 12.7. The van der Waals surface area contributed by atoms with E-state index in [9.17, 15) is 24.1 Å². The van der Waals surface area contributed by atoms with Crippen molar-refractivity contribution in [3.8, 4) is 0 Å². The lowest BCUT2D eigenvalue weighted by Gasteiger charge is -2.35. The molecule has 0 aromatic rings. The number of allylic oxidation sites excluding steroid dienone is 5. The molecule has 6 atom stereocenters. The highest BCUT2D eigenvalue weighted by atomic mass is 19.3. The molecule has 3 nitrogen and oxygen atoms in total. The highest BCUT2D eigenvalue weighted by molar-refractivity contribution is 5.38. The first-order valence-corrected chi connectivity index (χ1v) is 12.7. The normalized spacial score (nSPS) is 33.7. The van der Waals surface area contributed by atoms with Gasteiger partial charge in [0.25, 0.3) is 5.92 Å². The van der Waals surface area contributed by atoms with E-state index in [4.69, 9.17) is 0 Å². The van der Waals surface area contributed by atoms with E-state index in [1.807, 2.05) is 6.92 Å². The van der Waals surface area contributed by atoms with Crippen LogP contribution in [0.3, 0.4) is 0 Å². The second kappa shape index (κ2) is 10.5. The van der Waals surface area contributed by atoms with E-state index in [-0.39, 0.29) is 31.3 Å². The summed E-state index contributed by atoms with van der Waals surface area (Å²) >= 11 is 0. The minimum atomic E-state index is -3.09. The van der Waals surface area contributed by atoms with Crippen molar-refractivity contribution in [1.29, 1.82) is 0 Å². The van der Waals surface area contributed by atoms with E-state index in [2.05, 4.69) is 24.8 Å². The van der Waals surface area contributed by atoms with Gasteiger partial charge >= 0.3 is 0 Å². The van der Waals surface area contributed by atoms with Gasteiger partial charge in [-0.05, 0) is 87.2 Å². The Morgan fingerprint density at radius 1 is 1.27 bits per heavy atom. The number of aliphatic hydroxyl groups is 3. The van der Waals surface area contributed by atoms with Crippen molar-refractivity contribution in [3.05, 3.63) is 47.1 Å². The van der Waals surface area contributed by atoms with Gasteiger partial charge in [-0.3, -0.25) is 0 Å². The molecule has 0 heterocycles. The Balaban J connectivity index is 1.67. The van der Waals surface area contributed by atoms with Gasteiger partial charge in [0.05, 0.1) is 12.7 Å². The molecule has 186 valence electrons. The molecule has 0 aromatic heterocycles. The summed E-state index contributed by atoms with van der Waals surface area (Å²) in [6.07, 6.45) is 11.5. The van der Waals surface area contributed by atoms with Crippen LogP contribution in [0.1, 0.15) is 78.6 Å². The summed E-state index contributed by atoms with van der Waals surface area (Å²) in [4.78, 5) is 0. The number of hydrogen-bond acceptors (Lipinski definition) is 3. The highest BCUT2D eigenvalue weighted by Gasteiger charge is 2.47. The van der Waals surface area contributed by atoms with Gasteiger partial charge in [-0.25, -0.2) is 8.78 Å². The van der Waals surface area contributed by atoms with Crippen molar-refractivity contribution in [3.63, 3.8) is 0 Å². The predicted molar refractivity (Wildman–Crippen MR) is 129 cm³/mol. The second-order valence-electron chi connectivity index (χ2n) is 10.7. The van der Waals surface area contributed by atoms with E-state index in [1.165, 1.54) is 18.1 Å². The van der Waals surface area contributed by atoms with Gasteiger partial charge < -0.3 is 15.3 Å². The van der Waals surface area contributed by atoms with Crippen molar-refractivity contribution in [2.24, 2.45) is 23.7 Å². The fraction of sp³-hybridized carbons (Fsp3) is 0.714. The van der Waals surface area contributed by atoms with Crippen LogP contribution in [0.15, 0.2) is 47.1 Å². The molecule has 33 heavy (non-hydrogen) atoms. The summed E-state index contributed by atoms with van der Waals surface area (Å²) < 4.78 is 29.0. The SMILES string of the molecule is C=C1/C(=C\C=C2/CCCC3C(C(C)CCC(F)(F)C(C)(O)CC)=CCC23)CC(O)CC1CO. The van der Waals surface area contributed by atoms with Crippen LogP contribution in [-0.2, 0) is 0 Å². The third-order valence-electron chi connectivity index (χ3n) is 8.55. The van der Waals surface area contributed by atoms with Crippen molar-refractivity contribution in [2.75, 3.05) is 6.61 Å². The molecule has 6 unspecified atom stereocenters. The zero-order valence-electron chi connectivity index (χ0n) is 20.5. The van der Waals surface area contributed by atoms with Crippen LogP contribution in [0.5, 0.6) is 0 Å². The average Bonchev–Trinajstić information content (AvgIpc) is 3.22. The first kappa shape index (κ1) is 26.3. The molecule has 2 saturated carbocycles. The zero-order valence-corrected chi connectivity index (χ0v) is 20.5. The fourth-order valence-electron chi connectivity index (χ4n) is 5.93. The van der Waals surface area contributed by atoms with Crippen LogP contribution >= 0.6 is 0 Å². The second-order valence-corrected chi connectivity index (χ2v) is 10.7. The highest BCUT2D eigenvalue weighted by Crippen LogP contribution is 2.49. The maximum Gasteiger partial charge on any atom is 0.275 e. The predicted octanol–water partition coefficient (Wildman–Crippen LogP) is 6.12. The molecule has 3 aliphatic rings. The molecule has 3 N–H and O–H groups in total. The van der Waals surface area contributed by atoms with Crippen LogP contribution in [0, 0.1) is 23.7 Å². The topological polar surface area (TPSA) is 60.7 Å². The monoisotopic (exact) mass is 464 g/mol. The number of aliphatic hydroxyl groups excluding tert-OH is 2. The number of alkyl halides is 2. The summed E-state index contributed by atoms with van der Waals surface area (Å²) in [5.74, 6) is -2.26. The Bertz CT molecular complexity index is 808. The van der Waals surface area contributed by atoms with Crippen LogP contribution < -0.4 is 0 Å². The summed E-state index contributed by atoms with van der Waals surface area (Å²) in [6, 6.07) is 0. The summed E-state index contributed by atoms with van der Waals surface area (Å²) in [7, 11) is 0. The van der Waals surface area contributed by atoms with Crippen molar-refractivity contribution < 1.29 is 24.1 Å². The molecule has 3 aliphatic carbocycles. The van der Waals surface area contributed by atoms with E-state index >= 15 is 0 Å². The minimum absolute atomic E-state index is 0.00636. The standard InChI is InChI=1S/C28H42F2O3/c1-5-27(4,33)28(29,30)14-13-18(2)24-11-12-25-20(7-6-8-26(24)25)9-10-21-15-23(32)16-22(17-31)19(21)3/h9-11,18,22-23,25-26,31-33H,3,5-8,12-17H2,1-2,4H3/b20-9+,21-10-. The molecule has 0 aliphatic heterocycles. The fourth-order valence-corrected chi connectivity index (χ4v) is 5.93. The minimum Gasteiger partial charge on any atom is -0.396 e. The summed E-state index contributed by atoms with van der Waals surface area (Å²) in [6.45, 7) is 9.04. The summed E-state index contributed by atoms with van der Waals surface area (Å²) in [5.41, 5.74) is 2.69. The Morgan fingerprint density at radius 3 is 2.67 bits per heavy atom. The van der Waals surface area contributed by atoms with Gasteiger partial charge in [0.1, 0.15) is 5.60 Å². The smallest absolute Gasteiger partial charge is 0.275 e. The quantitative estimate of drug-likeness (QED) is 0.379. The Kier molecular flexibility index (Phi) is 8.40.